The molecule has 6 heterocycles. The normalized spacial score (nSPS) is 16.6. The van der Waals surface area contributed by atoms with Gasteiger partial charge in [-0.2, -0.15) is 9.13 Å². The summed E-state index contributed by atoms with van der Waals surface area (Å²) < 4.78 is 12.1. The van der Waals surface area contributed by atoms with Crippen molar-refractivity contribution < 1.29 is 13.6 Å². The first-order chi connectivity index (χ1) is 27.2. The Morgan fingerprint density at radius 1 is 0.825 bits per heavy atom. The van der Waals surface area contributed by atoms with Gasteiger partial charge in [-0.05, 0) is 123 Å². The lowest BCUT2D eigenvalue weighted by atomic mass is 9.76. The number of furan rings is 1. The second-order valence-corrected chi connectivity index (χ2v) is 23.8. The van der Waals surface area contributed by atoms with Crippen LogP contribution in [0, 0.1) is 40.5 Å². The highest BCUT2D eigenvalue weighted by atomic mass is 28.3. The van der Waals surface area contributed by atoms with Crippen molar-refractivity contribution in [3.63, 3.8) is 0 Å². The van der Waals surface area contributed by atoms with Gasteiger partial charge in [0, 0.05) is 45.3 Å². The minimum absolute atomic E-state index is 0.132. The Bertz CT molecular complexity index is 2780. The highest BCUT2D eigenvalue weighted by molar-refractivity contribution is 6.89. The number of hydrogen-bond acceptors (Lipinski definition) is 2. The van der Waals surface area contributed by atoms with Gasteiger partial charge in [-0.1, -0.05) is 76.0 Å². The summed E-state index contributed by atoms with van der Waals surface area (Å²) in [7, 11) is -1.68. The lowest BCUT2D eigenvalue weighted by molar-refractivity contribution is -0.722. The molecule has 2 unspecified atom stereocenters. The average molecular weight is 768 g/mol. The Kier molecular flexibility index (Phi) is 9.04. The molecule has 57 heavy (non-hydrogen) atoms. The van der Waals surface area contributed by atoms with E-state index in [1.165, 1.54) is 78.2 Å². The van der Waals surface area contributed by atoms with Crippen molar-refractivity contribution in [2.75, 3.05) is 0 Å². The predicted molar refractivity (Wildman–Crippen MR) is 239 cm³/mol. The third kappa shape index (κ3) is 6.30. The van der Waals surface area contributed by atoms with Crippen molar-refractivity contribution in [1.29, 1.82) is 0 Å². The van der Waals surface area contributed by atoms with Crippen molar-refractivity contribution in [1.82, 2.24) is 4.98 Å². The van der Waals surface area contributed by atoms with Gasteiger partial charge < -0.3 is 4.42 Å². The SMILES string of the molecule is C=C1C[n+]2ccc(C)cc2-c2c(c(C)cc3c2oc2nc(-c4c(C)cc(C)cc4C)ccc23)CCC2c3ccccc3-c3cc(CC(C)C)c([Si](C)(C)C)c[n+]3C12. The lowest BCUT2D eigenvalue weighted by Crippen LogP contribution is -2.55. The molecule has 0 aliphatic carbocycles. The van der Waals surface area contributed by atoms with Crippen molar-refractivity contribution in [2.45, 2.75) is 106 Å². The molecule has 0 fully saturated rings. The fourth-order valence-corrected chi connectivity index (χ4v) is 12.1. The molecule has 7 aromatic rings. The van der Waals surface area contributed by atoms with Crippen LogP contribution >= 0.6 is 0 Å². The van der Waals surface area contributed by atoms with E-state index in [-0.39, 0.29) is 12.0 Å². The average Bonchev–Trinajstić information content (AvgIpc) is 3.50. The van der Waals surface area contributed by atoms with Crippen LogP contribution in [0.15, 0.2) is 102 Å². The third-order valence-electron chi connectivity index (χ3n) is 12.8. The molecular weight excluding hydrogens is 711 g/mol. The Hall–Kier alpha value is -5.13. The zero-order valence-corrected chi connectivity index (χ0v) is 36.6. The minimum atomic E-state index is -1.68. The van der Waals surface area contributed by atoms with Crippen LogP contribution in [0.1, 0.15) is 76.7 Å². The molecular formula is C52H57N3OSi+2. The van der Waals surface area contributed by atoms with Crippen LogP contribution < -0.4 is 14.3 Å². The second-order valence-electron chi connectivity index (χ2n) is 18.8. The maximum atomic E-state index is 7.01. The van der Waals surface area contributed by atoms with E-state index in [4.69, 9.17) is 16.0 Å². The fraction of sp³-hybridized carbons (Fsp3) is 0.327. The minimum Gasteiger partial charge on any atom is -0.437 e. The van der Waals surface area contributed by atoms with E-state index in [9.17, 15) is 0 Å². The summed E-state index contributed by atoms with van der Waals surface area (Å²) in [6, 6.07) is 27.7. The zero-order chi connectivity index (χ0) is 40.1. The zero-order valence-electron chi connectivity index (χ0n) is 35.6. The molecule has 0 N–H and O–H groups in total. The molecule has 0 amide bonds. The van der Waals surface area contributed by atoms with E-state index in [1.54, 1.807) is 5.19 Å². The molecule has 3 aromatic carbocycles. The fourth-order valence-electron chi connectivity index (χ4n) is 10.4. The van der Waals surface area contributed by atoms with Crippen molar-refractivity contribution in [3.05, 3.63) is 142 Å². The number of allylic oxidation sites excluding steroid dienone is 1. The molecule has 0 saturated carbocycles. The summed E-state index contributed by atoms with van der Waals surface area (Å²) >= 11 is 0. The molecule has 9 rings (SSSR count). The summed E-state index contributed by atoms with van der Waals surface area (Å²) in [6.45, 7) is 28.9. The van der Waals surface area contributed by atoms with Gasteiger partial charge in [0.2, 0.25) is 17.1 Å². The lowest BCUT2D eigenvalue weighted by Gasteiger charge is -2.34. The van der Waals surface area contributed by atoms with Crippen LogP contribution in [0.4, 0.5) is 0 Å². The van der Waals surface area contributed by atoms with Gasteiger partial charge in [0.15, 0.2) is 30.6 Å². The largest absolute Gasteiger partial charge is 0.437 e. The van der Waals surface area contributed by atoms with Gasteiger partial charge in [0.25, 0.3) is 0 Å². The van der Waals surface area contributed by atoms with Crippen LogP contribution in [0.5, 0.6) is 0 Å². The Balaban J connectivity index is 1.26. The third-order valence-corrected chi connectivity index (χ3v) is 14.9. The number of rotatable bonds is 4. The molecule has 2 aliphatic rings. The van der Waals surface area contributed by atoms with Gasteiger partial charge >= 0.3 is 0 Å². The molecule has 0 bridgehead atoms. The topological polar surface area (TPSA) is 33.8 Å². The number of fused-ring (bicyclic) bond motifs is 13. The van der Waals surface area contributed by atoms with Crippen LogP contribution in [-0.4, -0.2) is 13.1 Å². The number of hydrogen-bond donors (Lipinski definition) is 0. The Morgan fingerprint density at radius 3 is 2.32 bits per heavy atom. The van der Waals surface area contributed by atoms with Crippen LogP contribution in [0.2, 0.25) is 19.6 Å². The molecule has 5 heteroatoms. The smallest absolute Gasteiger partial charge is 0.227 e. The number of nitrogens with zero attached hydrogens (tertiary/aromatic N) is 3. The Morgan fingerprint density at radius 2 is 1.58 bits per heavy atom. The first-order valence-corrected chi connectivity index (χ1v) is 24.5. The molecule has 4 aromatic heterocycles. The number of benzene rings is 3. The highest BCUT2D eigenvalue weighted by Gasteiger charge is 2.45. The maximum absolute atomic E-state index is 7.01. The van der Waals surface area contributed by atoms with E-state index in [1.807, 2.05) is 0 Å². The number of pyridine rings is 3. The summed E-state index contributed by atoms with van der Waals surface area (Å²) in [6.07, 6.45) is 7.87. The molecule has 0 saturated heterocycles. The number of aromatic nitrogens is 3. The van der Waals surface area contributed by atoms with Crippen molar-refractivity contribution >= 4 is 35.3 Å². The van der Waals surface area contributed by atoms with Crippen LogP contribution in [-0.2, 0) is 19.4 Å². The van der Waals surface area contributed by atoms with E-state index in [0.717, 1.165) is 41.3 Å². The molecule has 288 valence electrons. The van der Waals surface area contributed by atoms with Gasteiger partial charge in [0.1, 0.15) is 0 Å². The van der Waals surface area contributed by atoms with Crippen LogP contribution in [0.25, 0.3) is 55.8 Å². The maximum Gasteiger partial charge on any atom is 0.227 e. The highest BCUT2D eigenvalue weighted by Crippen LogP contribution is 2.46. The van der Waals surface area contributed by atoms with Gasteiger partial charge in [0.05, 0.1) is 30.8 Å². The van der Waals surface area contributed by atoms with Crippen molar-refractivity contribution in [3.8, 4) is 33.8 Å². The van der Waals surface area contributed by atoms with Crippen LogP contribution in [0.3, 0.4) is 0 Å². The van der Waals surface area contributed by atoms with Gasteiger partial charge in [-0.25, -0.2) is 4.98 Å². The molecule has 2 aliphatic heterocycles. The summed E-state index contributed by atoms with van der Waals surface area (Å²) in [5.74, 6) is 0.865. The molecule has 2 atom stereocenters. The summed E-state index contributed by atoms with van der Waals surface area (Å²) in [5.41, 5.74) is 20.7. The van der Waals surface area contributed by atoms with E-state index < -0.39 is 8.07 Å². The molecule has 0 spiro atoms. The molecule has 4 nitrogen and oxygen atoms in total. The quantitative estimate of drug-likeness (QED) is 0.102. The first kappa shape index (κ1) is 37.4. The van der Waals surface area contributed by atoms with Crippen molar-refractivity contribution in [2.24, 2.45) is 5.92 Å². The van der Waals surface area contributed by atoms with E-state index in [0.29, 0.717) is 18.2 Å². The summed E-state index contributed by atoms with van der Waals surface area (Å²) in [4.78, 5) is 5.23. The second kappa shape index (κ2) is 13.8. The first-order valence-electron chi connectivity index (χ1n) is 21.0. The molecule has 0 radical (unpaired) electrons. The Labute approximate surface area is 340 Å². The standard InChI is InChI=1S/C52H57N3OSi/c1-30(2)22-37-27-45-40-15-13-12-14-39(40)41-17-16-38-33(5)26-43-42-18-19-44(48-34(6)23-32(4)24-35(48)7)53-52(42)56-51(43)49(38)46-25-31(3)20-21-54(46)28-36(8)50(41)55(45)29-47(37)57(9,10)11/h12-15,18-21,23-27,29-30,41,50H,8,16-17,22,28H2,1-7,9-11H3/q+2. The number of aryl methyl sites for hydroxylation is 5. The van der Waals surface area contributed by atoms with Gasteiger partial charge in [-0.3, -0.25) is 0 Å². The van der Waals surface area contributed by atoms with E-state index in [2.05, 4.69) is 162 Å². The summed E-state index contributed by atoms with van der Waals surface area (Å²) in [5, 5.41) is 3.76. The van der Waals surface area contributed by atoms with E-state index >= 15 is 0 Å². The van der Waals surface area contributed by atoms with Gasteiger partial charge in [-0.15, -0.1) is 0 Å². The monoisotopic (exact) mass is 767 g/mol. The predicted octanol–water partition coefficient (Wildman–Crippen LogP) is 11.7.